The quantitative estimate of drug-likeness (QED) is 0.337. The van der Waals surface area contributed by atoms with E-state index in [1.807, 2.05) is 36.4 Å². The van der Waals surface area contributed by atoms with Gasteiger partial charge in [-0.1, -0.05) is 35.9 Å². The molecule has 2 N–H and O–H groups in total. The molecular formula is C21H27ClFIN4O. The van der Waals surface area contributed by atoms with E-state index >= 15 is 0 Å². The predicted molar refractivity (Wildman–Crippen MR) is 127 cm³/mol. The molecule has 29 heavy (non-hydrogen) atoms. The van der Waals surface area contributed by atoms with Gasteiger partial charge in [-0.2, -0.15) is 0 Å². The third kappa shape index (κ3) is 7.40. The lowest BCUT2D eigenvalue weighted by atomic mass is 10.0. The highest BCUT2D eigenvalue weighted by molar-refractivity contribution is 14.0. The number of nitrogens with one attached hydrogen (secondary N) is 2. The molecule has 0 aromatic heterocycles. The standard InChI is InChI=1S/C21H26ClFN4O.HI/c1-24-21(25-14-16-3-2-4-18(22)13-16)26-15-20(27-9-11-28-12-10-27)17-5-7-19(23)8-6-17;/h2-8,13,20H,9-12,14-15H2,1H3,(H2,24,25,26);1H. The number of hydrogen-bond acceptors (Lipinski definition) is 3. The Morgan fingerprint density at radius 2 is 1.90 bits per heavy atom. The Morgan fingerprint density at radius 1 is 1.17 bits per heavy atom. The maximum absolute atomic E-state index is 13.4. The van der Waals surface area contributed by atoms with Crippen LogP contribution in [0.4, 0.5) is 4.39 Å². The van der Waals surface area contributed by atoms with E-state index in [1.54, 1.807) is 7.05 Å². The summed E-state index contributed by atoms with van der Waals surface area (Å²) in [5, 5.41) is 7.42. The van der Waals surface area contributed by atoms with Gasteiger partial charge in [0.1, 0.15) is 5.82 Å². The molecular weight excluding hydrogens is 506 g/mol. The molecule has 1 aliphatic rings. The van der Waals surface area contributed by atoms with Crippen molar-refractivity contribution in [3.05, 3.63) is 70.5 Å². The fraction of sp³-hybridized carbons (Fsp3) is 0.381. The lowest BCUT2D eigenvalue weighted by Crippen LogP contribution is -2.46. The highest BCUT2D eigenvalue weighted by Gasteiger charge is 2.23. The molecule has 1 saturated heterocycles. The molecule has 3 rings (SSSR count). The van der Waals surface area contributed by atoms with Gasteiger partial charge in [0.2, 0.25) is 0 Å². The van der Waals surface area contributed by atoms with E-state index in [-0.39, 0.29) is 35.8 Å². The Kier molecular flexibility index (Phi) is 10.1. The molecule has 0 aliphatic carbocycles. The lowest BCUT2D eigenvalue weighted by Gasteiger charge is -2.35. The third-order valence-corrected chi connectivity index (χ3v) is 5.01. The minimum atomic E-state index is -0.226. The molecule has 0 spiro atoms. The molecule has 0 radical (unpaired) electrons. The first-order chi connectivity index (χ1) is 13.7. The second-order valence-corrected chi connectivity index (χ2v) is 7.09. The molecule has 5 nitrogen and oxygen atoms in total. The highest BCUT2D eigenvalue weighted by Crippen LogP contribution is 2.21. The van der Waals surface area contributed by atoms with Gasteiger partial charge in [-0.05, 0) is 35.4 Å². The number of ether oxygens (including phenoxy) is 1. The molecule has 0 bridgehead atoms. The van der Waals surface area contributed by atoms with Crippen molar-refractivity contribution in [2.45, 2.75) is 12.6 Å². The molecule has 0 amide bonds. The zero-order chi connectivity index (χ0) is 19.8. The fourth-order valence-corrected chi connectivity index (χ4v) is 3.49. The van der Waals surface area contributed by atoms with Gasteiger partial charge in [0.15, 0.2) is 5.96 Å². The Morgan fingerprint density at radius 3 is 2.55 bits per heavy atom. The Hall–Kier alpha value is -1.42. The van der Waals surface area contributed by atoms with Crippen LogP contribution in [0.2, 0.25) is 5.02 Å². The summed E-state index contributed by atoms with van der Waals surface area (Å²) >= 11 is 6.05. The first-order valence-corrected chi connectivity index (χ1v) is 9.80. The number of morpholine rings is 1. The van der Waals surface area contributed by atoms with Gasteiger partial charge in [-0.3, -0.25) is 9.89 Å². The average molecular weight is 533 g/mol. The average Bonchev–Trinajstić information content (AvgIpc) is 2.72. The number of guanidine groups is 1. The minimum Gasteiger partial charge on any atom is -0.379 e. The van der Waals surface area contributed by atoms with Gasteiger partial charge in [-0.25, -0.2) is 4.39 Å². The summed E-state index contributed by atoms with van der Waals surface area (Å²) in [4.78, 5) is 6.66. The van der Waals surface area contributed by atoms with Crippen molar-refractivity contribution in [3.63, 3.8) is 0 Å². The van der Waals surface area contributed by atoms with Crippen molar-refractivity contribution < 1.29 is 9.13 Å². The Bertz CT molecular complexity index is 785. The zero-order valence-electron chi connectivity index (χ0n) is 16.4. The van der Waals surface area contributed by atoms with Crippen LogP contribution in [0, 0.1) is 5.82 Å². The van der Waals surface area contributed by atoms with Crippen molar-refractivity contribution in [3.8, 4) is 0 Å². The second kappa shape index (κ2) is 12.3. The fourth-order valence-electron chi connectivity index (χ4n) is 3.28. The smallest absolute Gasteiger partial charge is 0.191 e. The number of rotatable bonds is 6. The van der Waals surface area contributed by atoms with E-state index in [0.29, 0.717) is 37.3 Å². The molecule has 1 fully saturated rings. The van der Waals surface area contributed by atoms with Gasteiger partial charge < -0.3 is 15.4 Å². The predicted octanol–water partition coefficient (Wildman–Crippen LogP) is 3.84. The zero-order valence-corrected chi connectivity index (χ0v) is 19.5. The molecule has 1 atom stereocenters. The largest absolute Gasteiger partial charge is 0.379 e. The van der Waals surface area contributed by atoms with Crippen LogP contribution in [0.5, 0.6) is 0 Å². The van der Waals surface area contributed by atoms with Crippen LogP contribution in [-0.2, 0) is 11.3 Å². The summed E-state index contributed by atoms with van der Waals surface area (Å²) < 4.78 is 18.8. The van der Waals surface area contributed by atoms with Crippen LogP contribution in [0.1, 0.15) is 17.2 Å². The maximum atomic E-state index is 13.4. The van der Waals surface area contributed by atoms with Gasteiger partial charge in [0, 0.05) is 38.2 Å². The molecule has 1 aliphatic heterocycles. The van der Waals surface area contributed by atoms with E-state index in [4.69, 9.17) is 16.3 Å². The van der Waals surface area contributed by atoms with Crippen molar-refractivity contribution in [1.29, 1.82) is 0 Å². The summed E-state index contributed by atoms with van der Waals surface area (Å²) in [7, 11) is 1.74. The summed E-state index contributed by atoms with van der Waals surface area (Å²) in [5.41, 5.74) is 2.15. The Labute approximate surface area is 193 Å². The summed E-state index contributed by atoms with van der Waals surface area (Å²) in [5.74, 6) is 0.483. The number of nitrogens with zero attached hydrogens (tertiary/aromatic N) is 2. The van der Waals surface area contributed by atoms with Crippen molar-refractivity contribution in [1.82, 2.24) is 15.5 Å². The normalized spacial score (nSPS) is 16.0. The summed E-state index contributed by atoms with van der Waals surface area (Å²) in [6.45, 7) is 4.38. The molecule has 1 unspecified atom stereocenters. The molecule has 8 heteroatoms. The van der Waals surface area contributed by atoms with Gasteiger partial charge in [0.05, 0.1) is 19.3 Å². The number of benzene rings is 2. The van der Waals surface area contributed by atoms with E-state index < -0.39 is 0 Å². The number of hydrogen-bond donors (Lipinski definition) is 2. The lowest BCUT2D eigenvalue weighted by molar-refractivity contribution is 0.0170. The summed E-state index contributed by atoms with van der Waals surface area (Å²) in [6.07, 6.45) is 0. The van der Waals surface area contributed by atoms with Crippen LogP contribution in [0.3, 0.4) is 0 Å². The minimum absolute atomic E-state index is 0. The van der Waals surface area contributed by atoms with E-state index in [2.05, 4.69) is 20.5 Å². The van der Waals surface area contributed by atoms with Crippen LogP contribution in [-0.4, -0.2) is 50.8 Å². The second-order valence-electron chi connectivity index (χ2n) is 6.65. The van der Waals surface area contributed by atoms with Gasteiger partial charge in [-0.15, -0.1) is 24.0 Å². The third-order valence-electron chi connectivity index (χ3n) is 4.78. The van der Waals surface area contributed by atoms with Crippen molar-refractivity contribution >= 4 is 41.5 Å². The number of aliphatic imine (C=N–C) groups is 1. The summed E-state index contributed by atoms with van der Waals surface area (Å²) in [6, 6.07) is 14.5. The molecule has 158 valence electrons. The van der Waals surface area contributed by atoms with Crippen LogP contribution in [0.25, 0.3) is 0 Å². The highest BCUT2D eigenvalue weighted by atomic mass is 127. The van der Waals surface area contributed by atoms with Crippen LogP contribution >= 0.6 is 35.6 Å². The first kappa shape index (κ1) is 23.9. The molecule has 2 aromatic carbocycles. The van der Waals surface area contributed by atoms with Gasteiger partial charge in [0.25, 0.3) is 0 Å². The monoisotopic (exact) mass is 532 g/mol. The van der Waals surface area contributed by atoms with Crippen molar-refractivity contribution in [2.24, 2.45) is 4.99 Å². The Balaban J connectivity index is 0.00000300. The maximum Gasteiger partial charge on any atom is 0.191 e. The number of halogens is 3. The van der Waals surface area contributed by atoms with Gasteiger partial charge >= 0.3 is 0 Å². The van der Waals surface area contributed by atoms with E-state index in [9.17, 15) is 4.39 Å². The molecule has 0 saturated carbocycles. The van der Waals surface area contributed by atoms with E-state index in [1.165, 1.54) is 12.1 Å². The molecule has 1 heterocycles. The van der Waals surface area contributed by atoms with Crippen molar-refractivity contribution in [2.75, 3.05) is 39.9 Å². The topological polar surface area (TPSA) is 48.9 Å². The van der Waals surface area contributed by atoms with Crippen LogP contribution < -0.4 is 10.6 Å². The first-order valence-electron chi connectivity index (χ1n) is 9.42. The van der Waals surface area contributed by atoms with E-state index in [0.717, 1.165) is 24.2 Å². The van der Waals surface area contributed by atoms with Crippen LogP contribution in [0.15, 0.2) is 53.5 Å². The molecule has 2 aromatic rings. The SMILES string of the molecule is CN=C(NCc1cccc(Cl)c1)NCC(c1ccc(F)cc1)N1CCOCC1.I.